The van der Waals surface area contributed by atoms with Gasteiger partial charge in [-0.1, -0.05) is 19.1 Å². The lowest BCUT2D eigenvalue weighted by Gasteiger charge is -2.19. The number of phenolic OH excluding ortho intramolecular Hbond substituents is 1. The van der Waals surface area contributed by atoms with Crippen LogP contribution in [0, 0.1) is 5.92 Å². The van der Waals surface area contributed by atoms with Gasteiger partial charge in [-0.15, -0.1) is 11.6 Å². The normalized spacial score (nSPS) is 14.1. The summed E-state index contributed by atoms with van der Waals surface area (Å²) in [6.07, 6.45) is 0.272. The van der Waals surface area contributed by atoms with Crippen LogP contribution in [0.3, 0.4) is 0 Å². The zero-order valence-corrected chi connectivity index (χ0v) is 10.9. The molecule has 2 unspecified atom stereocenters. The Morgan fingerprint density at radius 1 is 1.47 bits per heavy atom. The molecule has 0 bridgehead atoms. The first-order chi connectivity index (χ1) is 8.02. The number of halogens is 1. The van der Waals surface area contributed by atoms with Crippen LogP contribution in [0.15, 0.2) is 24.3 Å². The van der Waals surface area contributed by atoms with Gasteiger partial charge < -0.3 is 10.4 Å². The SMILES string of the molecule is CC(CCl)C(C)NC(=O)Cc1cccc(O)c1. The van der Waals surface area contributed by atoms with Crippen LogP contribution in [0.1, 0.15) is 19.4 Å². The molecule has 0 saturated heterocycles. The maximum atomic E-state index is 11.7. The van der Waals surface area contributed by atoms with Crippen molar-refractivity contribution in [2.75, 3.05) is 5.88 Å². The Morgan fingerprint density at radius 2 is 2.18 bits per heavy atom. The van der Waals surface area contributed by atoms with E-state index in [4.69, 9.17) is 11.6 Å². The monoisotopic (exact) mass is 255 g/mol. The van der Waals surface area contributed by atoms with E-state index in [1.165, 1.54) is 0 Å². The van der Waals surface area contributed by atoms with Crippen molar-refractivity contribution < 1.29 is 9.90 Å². The van der Waals surface area contributed by atoms with Gasteiger partial charge in [0.25, 0.3) is 0 Å². The number of alkyl halides is 1. The minimum atomic E-state index is -0.0555. The Bertz CT molecular complexity index is 381. The number of hydrogen-bond acceptors (Lipinski definition) is 2. The van der Waals surface area contributed by atoms with Crippen molar-refractivity contribution in [1.29, 1.82) is 0 Å². The third-order valence-corrected chi connectivity index (χ3v) is 3.25. The predicted octanol–water partition coefficient (Wildman–Crippen LogP) is 2.31. The molecule has 0 aliphatic rings. The van der Waals surface area contributed by atoms with Crippen molar-refractivity contribution in [1.82, 2.24) is 5.32 Å². The lowest BCUT2D eigenvalue weighted by molar-refractivity contribution is -0.121. The molecule has 1 amide bonds. The first kappa shape index (κ1) is 13.8. The number of rotatable bonds is 5. The first-order valence-electron chi connectivity index (χ1n) is 5.66. The average molecular weight is 256 g/mol. The van der Waals surface area contributed by atoms with Gasteiger partial charge in [-0.25, -0.2) is 0 Å². The smallest absolute Gasteiger partial charge is 0.224 e. The number of nitrogens with one attached hydrogen (secondary N) is 1. The van der Waals surface area contributed by atoms with Crippen LogP contribution < -0.4 is 5.32 Å². The zero-order chi connectivity index (χ0) is 12.8. The lowest BCUT2D eigenvalue weighted by atomic mass is 10.1. The highest BCUT2D eigenvalue weighted by Crippen LogP contribution is 2.11. The molecule has 0 aliphatic carbocycles. The maximum Gasteiger partial charge on any atom is 0.224 e. The van der Waals surface area contributed by atoms with Crippen LogP contribution in [-0.4, -0.2) is 22.9 Å². The summed E-state index contributed by atoms with van der Waals surface area (Å²) >= 11 is 5.73. The fourth-order valence-corrected chi connectivity index (χ4v) is 1.70. The number of carbonyl (C=O) groups is 1. The van der Waals surface area contributed by atoms with Gasteiger partial charge in [-0.2, -0.15) is 0 Å². The highest BCUT2D eigenvalue weighted by atomic mass is 35.5. The second-order valence-corrected chi connectivity index (χ2v) is 4.64. The molecule has 0 saturated carbocycles. The fraction of sp³-hybridized carbons (Fsp3) is 0.462. The molecule has 0 radical (unpaired) electrons. The Morgan fingerprint density at radius 3 is 2.76 bits per heavy atom. The van der Waals surface area contributed by atoms with Crippen LogP contribution >= 0.6 is 11.6 Å². The second kappa shape index (κ2) is 6.50. The Labute approximate surface area is 107 Å². The van der Waals surface area contributed by atoms with E-state index in [1.807, 2.05) is 19.9 Å². The zero-order valence-electron chi connectivity index (χ0n) is 10.1. The molecule has 1 aromatic rings. The predicted molar refractivity (Wildman–Crippen MR) is 69.3 cm³/mol. The molecule has 1 rings (SSSR count). The lowest BCUT2D eigenvalue weighted by Crippen LogP contribution is -2.38. The highest BCUT2D eigenvalue weighted by Gasteiger charge is 2.13. The van der Waals surface area contributed by atoms with Crippen molar-refractivity contribution in [3.8, 4) is 5.75 Å². The van der Waals surface area contributed by atoms with Crippen LogP contribution in [0.2, 0.25) is 0 Å². The van der Waals surface area contributed by atoms with E-state index < -0.39 is 0 Å². The summed E-state index contributed by atoms with van der Waals surface area (Å²) < 4.78 is 0. The topological polar surface area (TPSA) is 49.3 Å². The number of carbonyl (C=O) groups excluding carboxylic acids is 1. The van der Waals surface area contributed by atoms with Gasteiger partial charge in [0.1, 0.15) is 5.75 Å². The molecule has 0 heterocycles. The van der Waals surface area contributed by atoms with Crippen LogP contribution in [0.4, 0.5) is 0 Å². The summed E-state index contributed by atoms with van der Waals surface area (Å²) in [7, 11) is 0. The molecule has 0 spiro atoms. The molecule has 2 N–H and O–H groups in total. The van der Waals surface area contributed by atoms with E-state index in [9.17, 15) is 9.90 Å². The summed E-state index contributed by atoms with van der Waals surface area (Å²) in [5.41, 5.74) is 0.799. The molecular formula is C13H18ClNO2. The van der Waals surface area contributed by atoms with Crippen LogP contribution in [0.5, 0.6) is 5.75 Å². The van der Waals surface area contributed by atoms with Crippen LogP contribution in [0.25, 0.3) is 0 Å². The van der Waals surface area contributed by atoms with Gasteiger partial charge >= 0.3 is 0 Å². The summed E-state index contributed by atoms with van der Waals surface area (Å²) in [5.74, 6) is 0.885. The van der Waals surface area contributed by atoms with Crippen LogP contribution in [-0.2, 0) is 11.2 Å². The third kappa shape index (κ3) is 4.65. The summed E-state index contributed by atoms with van der Waals surface area (Å²) in [4.78, 5) is 11.7. The van der Waals surface area contributed by atoms with Crippen molar-refractivity contribution in [3.63, 3.8) is 0 Å². The van der Waals surface area contributed by atoms with Crippen molar-refractivity contribution in [2.45, 2.75) is 26.3 Å². The number of hydrogen-bond donors (Lipinski definition) is 2. The van der Waals surface area contributed by atoms with Gasteiger partial charge in [0.05, 0.1) is 6.42 Å². The molecule has 4 heteroatoms. The molecule has 0 aliphatic heterocycles. The van der Waals surface area contributed by atoms with E-state index >= 15 is 0 Å². The van der Waals surface area contributed by atoms with E-state index in [0.717, 1.165) is 5.56 Å². The van der Waals surface area contributed by atoms with Gasteiger partial charge in [-0.05, 0) is 30.5 Å². The number of aromatic hydroxyl groups is 1. The van der Waals surface area contributed by atoms with Gasteiger partial charge in [0, 0.05) is 11.9 Å². The van der Waals surface area contributed by atoms with E-state index in [-0.39, 0.29) is 30.0 Å². The maximum absolute atomic E-state index is 11.7. The molecule has 17 heavy (non-hydrogen) atoms. The van der Waals surface area contributed by atoms with Gasteiger partial charge in [0.15, 0.2) is 0 Å². The standard InChI is InChI=1S/C13H18ClNO2/c1-9(8-14)10(2)15-13(17)7-11-4-3-5-12(16)6-11/h3-6,9-10,16H,7-8H2,1-2H3,(H,15,17). The molecule has 3 nitrogen and oxygen atoms in total. The summed E-state index contributed by atoms with van der Waals surface area (Å²) in [5, 5.41) is 12.2. The molecule has 1 aromatic carbocycles. The van der Waals surface area contributed by atoms with Gasteiger partial charge in [-0.3, -0.25) is 4.79 Å². The highest BCUT2D eigenvalue weighted by molar-refractivity contribution is 6.18. The third-order valence-electron chi connectivity index (χ3n) is 2.76. The van der Waals surface area contributed by atoms with E-state index in [2.05, 4.69) is 5.32 Å². The summed E-state index contributed by atoms with van der Waals surface area (Å²) in [6, 6.07) is 6.77. The largest absolute Gasteiger partial charge is 0.508 e. The molecular weight excluding hydrogens is 238 g/mol. The average Bonchev–Trinajstić information content (AvgIpc) is 2.27. The van der Waals surface area contributed by atoms with Crippen molar-refractivity contribution >= 4 is 17.5 Å². The summed E-state index contributed by atoms with van der Waals surface area (Å²) in [6.45, 7) is 3.93. The van der Waals surface area contributed by atoms with Gasteiger partial charge in [0.2, 0.25) is 5.91 Å². The first-order valence-corrected chi connectivity index (χ1v) is 6.19. The van der Waals surface area contributed by atoms with Crippen molar-refractivity contribution in [2.24, 2.45) is 5.92 Å². The van der Waals surface area contributed by atoms with E-state index in [0.29, 0.717) is 5.88 Å². The molecule has 0 fully saturated rings. The molecule has 2 atom stereocenters. The fourth-order valence-electron chi connectivity index (χ4n) is 1.43. The Balaban J connectivity index is 2.50. The minimum Gasteiger partial charge on any atom is -0.508 e. The number of benzene rings is 1. The Hall–Kier alpha value is -1.22. The molecule has 94 valence electrons. The molecule has 0 aromatic heterocycles. The number of amides is 1. The van der Waals surface area contributed by atoms with Crippen molar-refractivity contribution in [3.05, 3.63) is 29.8 Å². The van der Waals surface area contributed by atoms with E-state index in [1.54, 1.807) is 18.2 Å². The quantitative estimate of drug-likeness (QED) is 0.794. The second-order valence-electron chi connectivity index (χ2n) is 4.33. The Kier molecular flexibility index (Phi) is 5.29. The minimum absolute atomic E-state index is 0.0531. The number of phenols is 1.